The molecule has 10 nitrogen and oxygen atoms in total. The number of aromatic nitrogens is 4. The second kappa shape index (κ2) is 11.1. The summed E-state index contributed by atoms with van der Waals surface area (Å²) in [4.78, 5) is 31.2. The van der Waals surface area contributed by atoms with Crippen LogP contribution in [0, 0.1) is 5.82 Å². The second-order valence-electron chi connectivity index (χ2n) is 9.46. The molecule has 1 aliphatic heterocycles. The van der Waals surface area contributed by atoms with Crippen LogP contribution in [-0.2, 0) is 34.1 Å². The van der Waals surface area contributed by atoms with Gasteiger partial charge in [-0.2, -0.15) is 0 Å². The molecule has 0 aliphatic carbocycles. The highest BCUT2D eigenvalue weighted by molar-refractivity contribution is 7.91. The van der Waals surface area contributed by atoms with Crippen molar-refractivity contribution in [2.24, 2.45) is 0 Å². The van der Waals surface area contributed by atoms with Crippen molar-refractivity contribution in [1.29, 1.82) is 0 Å². The first kappa shape index (κ1) is 26.8. The summed E-state index contributed by atoms with van der Waals surface area (Å²) in [7, 11) is -3.73. The van der Waals surface area contributed by atoms with Crippen LogP contribution in [0.15, 0.2) is 63.3 Å². The minimum atomic E-state index is -3.73. The van der Waals surface area contributed by atoms with Crippen LogP contribution in [-0.4, -0.2) is 52.6 Å². The lowest BCUT2D eigenvalue weighted by atomic mass is 10.1. The van der Waals surface area contributed by atoms with Crippen molar-refractivity contribution in [2.45, 2.75) is 50.3 Å². The van der Waals surface area contributed by atoms with Gasteiger partial charge in [0.2, 0.25) is 0 Å². The summed E-state index contributed by atoms with van der Waals surface area (Å²) in [5, 5.41) is 0. The summed E-state index contributed by atoms with van der Waals surface area (Å²) in [6.45, 7) is 3.71. The molecule has 2 aromatic heterocycles. The lowest BCUT2D eigenvalue weighted by Gasteiger charge is -2.23. The number of rotatable bonds is 9. The average molecular weight is 557 g/mol. The van der Waals surface area contributed by atoms with Gasteiger partial charge in [-0.15, -0.1) is 0 Å². The monoisotopic (exact) mass is 556 g/mol. The summed E-state index contributed by atoms with van der Waals surface area (Å²) in [5.74, 6) is -0.862. The van der Waals surface area contributed by atoms with E-state index >= 15 is 0 Å². The zero-order valence-electron chi connectivity index (χ0n) is 21.4. The standard InChI is InChI=1S/C27H29FN4O6S/c1-2-31-17-29-25-24(31)26(33)30-27(34)32(25)16-19-5-3-18(4-6-19)11-14-39(35,36)21-7-8-23(22(28)15-21)38-20-9-12-37-13-10-20/h3-8,15,17,20H,2,9-14,16H2,1H3,(H,30,33,34). The van der Waals surface area contributed by atoms with Gasteiger partial charge in [0, 0.05) is 19.4 Å². The van der Waals surface area contributed by atoms with Gasteiger partial charge in [-0.25, -0.2) is 22.6 Å². The minimum Gasteiger partial charge on any atom is -0.487 e. The van der Waals surface area contributed by atoms with Crippen molar-refractivity contribution >= 4 is 21.0 Å². The largest absolute Gasteiger partial charge is 0.487 e. The number of aromatic amines is 1. The Balaban J connectivity index is 1.25. The lowest BCUT2D eigenvalue weighted by Crippen LogP contribution is -2.31. The first-order valence-corrected chi connectivity index (χ1v) is 14.4. The molecule has 0 unspecified atom stereocenters. The zero-order valence-corrected chi connectivity index (χ0v) is 22.2. The number of halogens is 1. The van der Waals surface area contributed by atoms with Crippen molar-refractivity contribution in [3.63, 3.8) is 0 Å². The van der Waals surface area contributed by atoms with Gasteiger partial charge in [-0.3, -0.25) is 14.3 Å². The Morgan fingerprint density at radius 1 is 1.10 bits per heavy atom. The van der Waals surface area contributed by atoms with E-state index in [9.17, 15) is 22.4 Å². The smallest absolute Gasteiger partial charge is 0.330 e. The lowest BCUT2D eigenvalue weighted by molar-refractivity contribution is 0.0240. The summed E-state index contributed by atoms with van der Waals surface area (Å²) in [6, 6.07) is 10.9. The number of nitrogens with one attached hydrogen (secondary N) is 1. The van der Waals surface area contributed by atoms with Gasteiger partial charge in [-0.05, 0) is 42.7 Å². The summed E-state index contributed by atoms with van der Waals surface area (Å²) in [5.41, 5.74) is 1.15. The van der Waals surface area contributed by atoms with Crippen LogP contribution in [0.25, 0.3) is 11.2 Å². The number of fused-ring (bicyclic) bond motifs is 1. The van der Waals surface area contributed by atoms with E-state index in [2.05, 4.69) is 9.97 Å². The fourth-order valence-corrected chi connectivity index (χ4v) is 5.91. The molecule has 206 valence electrons. The van der Waals surface area contributed by atoms with Crippen LogP contribution in [0.4, 0.5) is 4.39 Å². The molecule has 0 radical (unpaired) electrons. The van der Waals surface area contributed by atoms with Crippen LogP contribution in [0.5, 0.6) is 5.75 Å². The molecular weight excluding hydrogens is 527 g/mol. The van der Waals surface area contributed by atoms with Crippen molar-refractivity contribution in [2.75, 3.05) is 19.0 Å². The number of aryl methyl sites for hydroxylation is 2. The molecule has 1 fully saturated rings. The topological polar surface area (TPSA) is 125 Å². The van der Waals surface area contributed by atoms with E-state index in [1.807, 2.05) is 6.92 Å². The molecule has 1 aliphatic rings. The molecule has 0 atom stereocenters. The molecule has 3 heterocycles. The van der Waals surface area contributed by atoms with Crippen molar-refractivity contribution in [3.05, 3.63) is 86.6 Å². The number of ether oxygens (including phenoxy) is 2. The van der Waals surface area contributed by atoms with E-state index < -0.39 is 26.9 Å². The maximum atomic E-state index is 14.6. The Hall–Kier alpha value is -3.77. The molecule has 39 heavy (non-hydrogen) atoms. The summed E-state index contributed by atoms with van der Waals surface area (Å²) in [6.07, 6.45) is 2.92. The van der Waals surface area contributed by atoms with E-state index in [0.717, 1.165) is 17.2 Å². The predicted molar refractivity (Wildman–Crippen MR) is 142 cm³/mol. The summed E-state index contributed by atoms with van der Waals surface area (Å²) >= 11 is 0. The number of imidazole rings is 1. The van der Waals surface area contributed by atoms with E-state index in [4.69, 9.17) is 9.47 Å². The third kappa shape index (κ3) is 5.81. The summed E-state index contributed by atoms with van der Waals surface area (Å²) < 4.78 is 54.4. The molecule has 5 rings (SSSR count). The van der Waals surface area contributed by atoms with Gasteiger partial charge in [0.25, 0.3) is 5.56 Å². The van der Waals surface area contributed by atoms with Gasteiger partial charge in [0.1, 0.15) is 6.10 Å². The first-order chi connectivity index (χ1) is 18.7. The zero-order chi connectivity index (χ0) is 27.6. The van der Waals surface area contributed by atoms with Crippen LogP contribution < -0.4 is 16.0 Å². The molecular formula is C27H29FN4O6S. The maximum absolute atomic E-state index is 14.6. The Morgan fingerprint density at radius 2 is 1.82 bits per heavy atom. The van der Waals surface area contributed by atoms with Gasteiger partial charge < -0.3 is 14.0 Å². The third-order valence-corrected chi connectivity index (χ3v) is 8.56. The Labute approximate surface area is 223 Å². The quantitative estimate of drug-likeness (QED) is 0.336. The average Bonchev–Trinajstić information content (AvgIpc) is 3.37. The van der Waals surface area contributed by atoms with Crippen molar-refractivity contribution in [3.8, 4) is 5.75 Å². The number of nitrogens with zero attached hydrogens (tertiary/aromatic N) is 3. The highest BCUT2D eigenvalue weighted by atomic mass is 32.2. The normalized spacial score (nSPS) is 14.6. The molecule has 1 N–H and O–H groups in total. The number of hydrogen-bond donors (Lipinski definition) is 1. The van der Waals surface area contributed by atoms with Gasteiger partial charge in [0.05, 0.1) is 36.7 Å². The van der Waals surface area contributed by atoms with Gasteiger partial charge in [0.15, 0.2) is 32.6 Å². The Kier molecular flexibility index (Phi) is 7.67. The first-order valence-electron chi connectivity index (χ1n) is 12.8. The number of benzene rings is 2. The highest BCUT2D eigenvalue weighted by Gasteiger charge is 2.21. The Morgan fingerprint density at radius 3 is 2.51 bits per heavy atom. The fraction of sp³-hybridized carbons (Fsp3) is 0.370. The molecule has 2 aromatic carbocycles. The molecule has 0 saturated carbocycles. The fourth-order valence-electron chi connectivity index (χ4n) is 4.62. The molecule has 1 saturated heterocycles. The van der Waals surface area contributed by atoms with Crippen LogP contribution in [0.3, 0.4) is 0 Å². The molecule has 0 spiro atoms. The van der Waals surface area contributed by atoms with Gasteiger partial charge in [-0.1, -0.05) is 24.3 Å². The van der Waals surface area contributed by atoms with E-state index in [-0.39, 0.29) is 35.5 Å². The predicted octanol–water partition coefficient (Wildman–Crippen LogP) is 2.67. The van der Waals surface area contributed by atoms with Crippen LogP contribution >= 0.6 is 0 Å². The number of sulfone groups is 1. The maximum Gasteiger partial charge on any atom is 0.330 e. The second-order valence-corrected chi connectivity index (χ2v) is 11.6. The number of hydrogen-bond acceptors (Lipinski definition) is 7. The van der Waals surface area contributed by atoms with E-state index in [1.165, 1.54) is 23.0 Å². The number of H-pyrrole nitrogens is 1. The Bertz CT molecular complexity index is 1700. The molecule has 0 bridgehead atoms. The van der Waals surface area contributed by atoms with Crippen LogP contribution in [0.2, 0.25) is 0 Å². The molecule has 4 aromatic rings. The third-order valence-electron chi connectivity index (χ3n) is 6.84. The highest BCUT2D eigenvalue weighted by Crippen LogP contribution is 2.25. The van der Waals surface area contributed by atoms with Crippen LogP contribution in [0.1, 0.15) is 30.9 Å². The van der Waals surface area contributed by atoms with Crippen molar-refractivity contribution < 1.29 is 22.3 Å². The SMILES string of the molecule is CCn1cnc2c1c(=O)[nH]c(=O)n2Cc1ccc(CCS(=O)(=O)c2ccc(OC3CCOCC3)c(F)c2)cc1. The molecule has 12 heteroatoms. The minimum absolute atomic E-state index is 0.0387. The van der Waals surface area contributed by atoms with Gasteiger partial charge >= 0.3 is 5.69 Å². The van der Waals surface area contributed by atoms with Crippen molar-refractivity contribution in [1.82, 2.24) is 19.1 Å². The van der Waals surface area contributed by atoms with E-state index in [1.54, 1.807) is 28.8 Å². The van der Waals surface area contributed by atoms with E-state index in [0.29, 0.717) is 43.8 Å². The molecule has 0 amide bonds.